The molecule has 1 aromatic carbocycles. The number of hydrogen-bond donors (Lipinski definition) is 1. The maximum Gasteiger partial charge on any atom is 0.338 e. The maximum atomic E-state index is 12.2. The van der Waals surface area contributed by atoms with E-state index in [1.54, 1.807) is 12.1 Å². The molecule has 1 aliphatic rings. The molecule has 0 radical (unpaired) electrons. The van der Waals surface area contributed by atoms with Gasteiger partial charge in [-0.1, -0.05) is 31.0 Å². The number of rotatable bonds is 6. The zero-order valence-electron chi connectivity index (χ0n) is 15.6. The third-order valence-corrected chi connectivity index (χ3v) is 5.27. The van der Waals surface area contributed by atoms with E-state index in [1.165, 1.54) is 18.2 Å². The highest BCUT2D eigenvalue weighted by molar-refractivity contribution is 7.98. The molecule has 0 aliphatic heterocycles. The highest BCUT2D eigenvalue weighted by Crippen LogP contribution is 2.20. The Morgan fingerprint density at radius 2 is 1.89 bits per heavy atom. The van der Waals surface area contributed by atoms with Crippen LogP contribution >= 0.6 is 11.8 Å². The molecule has 1 aliphatic carbocycles. The van der Waals surface area contributed by atoms with Crippen molar-refractivity contribution in [2.75, 3.05) is 12.9 Å². The second-order valence-electron chi connectivity index (χ2n) is 6.59. The molecule has 1 amide bonds. The number of benzene rings is 1. The Morgan fingerprint density at radius 3 is 2.56 bits per heavy atom. The highest BCUT2D eigenvalue weighted by Gasteiger charge is 2.17. The van der Waals surface area contributed by atoms with Gasteiger partial charge >= 0.3 is 5.97 Å². The second kappa shape index (κ2) is 9.03. The zero-order chi connectivity index (χ0) is 19.2. The van der Waals surface area contributed by atoms with Crippen LogP contribution in [0.5, 0.6) is 0 Å². The van der Waals surface area contributed by atoms with Gasteiger partial charge in [0.25, 0.3) is 5.91 Å². The van der Waals surface area contributed by atoms with E-state index in [4.69, 9.17) is 4.74 Å². The van der Waals surface area contributed by atoms with Crippen LogP contribution in [0.2, 0.25) is 0 Å². The maximum absolute atomic E-state index is 12.2. The first-order valence-electron chi connectivity index (χ1n) is 9.11. The summed E-state index contributed by atoms with van der Waals surface area (Å²) in [6.07, 6.45) is 7.44. The van der Waals surface area contributed by atoms with Crippen LogP contribution in [-0.2, 0) is 9.53 Å². The summed E-state index contributed by atoms with van der Waals surface area (Å²) in [6, 6.07) is 7.20. The fraction of sp³-hybridized carbons (Fsp3) is 0.474. The number of nitrogens with zero attached hydrogens (tertiary/aromatic N) is 3. The molecule has 1 fully saturated rings. The number of aromatic nitrogens is 3. The minimum absolute atomic E-state index is 0.210. The van der Waals surface area contributed by atoms with E-state index in [1.807, 2.05) is 29.9 Å². The summed E-state index contributed by atoms with van der Waals surface area (Å²) in [5.74, 6) is 0.0246. The molecule has 27 heavy (non-hydrogen) atoms. The van der Waals surface area contributed by atoms with Gasteiger partial charge in [-0.3, -0.25) is 9.36 Å². The lowest BCUT2D eigenvalue weighted by Crippen LogP contribution is -2.38. The van der Waals surface area contributed by atoms with Crippen LogP contribution in [0.1, 0.15) is 48.3 Å². The number of aryl methyl sites for hydroxylation is 1. The topological polar surface area (TPSA) is 86.1 Å². The van der Waals surface area contributed by atoms with E-state index in [2.05, 4.69) is 15.5 Å². The summed E-state index contributed by atoms with van der Waals surface area (Å²) in [6.45, 7) is 1.62. The summed E-state index contributed by atoms with van der Waals surface area (Å²) in [5.41, 5.74) is 1.27. The van der Waals surface area contributed by atoms with Gasteiger partial charge < -0.3 is 10.1 Å². The number of carbonyl (C=O) groups is 2. The van der Waals surface area contributed by atoms with Crippen LogP contribution in [0, 0.1) is 6.92 Å². The summed E-state index contributed by atoms with van der Waals surface area (Å²) >= 11 is 1.50. The van der Waals surface area contributed by atoms with Gasteiger partial charge in [0, 0.05) is 11.7 Å². The van der Waals surface area contributed by atoms with Crippen molar-refractivity contribution in [3.63, 3.8) is 0 Å². The molecule has 0 bridgehead atoms. The summed E-state index contributed by atoms with van der Waals surface area (Å²) < 4.78 is 7.06. The fourth-order valence-electron chi connectivity index (χ4n) is 3.25. The van der Waals surface area contributed by atoms with Crippen molar-refractivity contribution in [1.82, 2.24) is 20.1 Å². The van der Waals surface area contributed by atoms with Gasteiger partial charge in [-0.25, -0.2) is 4.79 Å². The van der Waals surface area contributed by atoms with E-state index in [9.17, 15) is 9.59 Å². The van der Waals surface area contributed by atoms with Gasteiger partial charge in [0.1, 0.15) is 5.82 Å². The molecular weight excluding hydrogens is 364 g/mol. The Labute approximate surface area is 162 Å². The van der Waals surface area contributed by atoms with E-state index >= 15 is 0 Å². The SMILES string of the molecule is CSc1nnc(C)n1-c1ccc(C(=O)OCC(=O)NC2CCCCC2)cc1. The number of esters is 1. The molecular formula is C19H24N4O3S. The molecule has 0 spiro atoms. The van der Waals surface area contributed by atoms with Crippen molar-refractivity contribution in [1.29, 1.82) is 0 Å². The van der Waals surface area contributed by atoms with Crippen LogP contribution < -0.4 is 5.32 Å². The Balaban J connectivity index is 1.56. The van der Waals surface area contributed by atoms with Crippen LogP contribution in [0.25, 0.3) is 5.69 Å². The monoisotopic (exact) mass is 388 g/mol. The van der Waals surface area contributed by atoms with Crippen molar-refractivity contribution in [3.8, 4) is 5.69 Å². The fourth-order valence-corrected chi connectivity index (χ4v) is 3.79. The second-order valence-corrected chi connectivity index (χ2v) is 7.37. The summed E-state index contributed by atoms with van der Waals surface area (Å²) in [7, 11) is 0. The third-order valence-electron chi connectivity index (χ3n) is 4.64. The molecule has 8 heteroatoms. The molecule has 0 atom stereocenters. The number of ether oxygens (including phenoxy) is 1. The van der Waals surface area contributed by atoms with E-state index in [0.717, 1.165) is 42.4 Å². The average molecular weight is 388 g/mol. The van der Waals surface area contributed by atoms with Crippen molar-refractivity contribution in [2.24, 2.45) is 0 Å². The van der Waals surface area contributed by atoms with Crippen LogP contribution in [0.3, 0.4) is 0 Å². The lowest BCUT2D eigenvalue weighted by atomic mass is 9.95. The first-order valence-corrected chi connectivity index (χ1v) is 10.3. The zero-order valence-corrected chi connectivity index (χ0v) is 16.4. The van der Waals surface area contributed by atoms with E-state index in [-0.39, 0.29) is 18.6 Å². The normalized spacial score (nSPS) is 14.7. The predicted molar refractivity (Wildman–Crippen MR) is 103 cm³/mol. The van der Waals surface area contributed by atoms with Crippen molar-refractivity contribution >= 4 is 23.6 Å². The number of carbonyl (C=O) groups excluding carboxylic acids is 2. The van der Waals surface area contributed by atoms with E-state index < -0.39 is 5.97 Å². The molecule has 1 aromatic heterocycles. The smallest absolute Gasteiger partial charge is 0.338 e. The number of thioether (sulfide) groups is 1. The molecule has 0 unspecified atom stereocenters. The first kappa shape index (κ1) is 19.4. The largest absolute Gasteiger partial charge is 0.452 e. The summed E-state index contributed by atoms with van der Waals surface area (Å²) in [5, 5.41) is 11.9. The van der Waals surface area contributed by atoms with Crippen molar-refractivity contribution in [2.45, 2.75) is 50.2 Å². The van der Waals surface area contributed by atoms with Gasteiger partial charge in [0.2, 0.25) is 0 Å². The van der Waals surface area contributed by atoms with Gasteiger partial charge in [-0.15, -0.1) is 10.2 Å². The molecule has 144 valence electrons. The van der Waals surface area contributed by atoms with Crippen molar-refractivity contribution in [3.05, 3.63) is 35.7 Å². The molecule has 1 N–H and O–H groups in total. The molecule has 7 nitrogen and oxygen atoms in total. The number of amides is 1. The van der Waals surface area contributed by atoms with Gasteiger partial charge in [-0.2, -0.15) is 0 Å². The minimum Gasteiger partial charge on any atom is -0.452 e. The van der Waals surface area contributed by atoms with Crippen LogP contribution in [-0.4, -0.2) is 45.5 Å². The van der Waals surface area contributed by atoms with Gasteiger partial charge in [-0.05, 0) is 50.3 Å². The lowest BCUT2D eigenvalue weighted by Gasteiger charge is -2.22. The minimum atomic E-state index is -0.508. The van der Waals surface area contributed by atoms with Crippen molar-refractivity contribution < 1.29 is 14.3 Å². The molecule has 3 rings (SSSR count). The quantitative estimate of drug-likeness (QED) is 0.605. The number of hydrogen-bond acceptors (Lipinski definition) is 6. The summed E-state index contributed by atoms with van der Waals surface area (Å²) in [4.78, 5) is 24.1. The predicted octanol–water partition coefficient (Wildman–Crippen LogP) is 2.90. The first-order chi connectivity index (χ1) is 13.1. The van der Waals surface area contributed by atoms with Gasteiger partial charge in [0.05, 0.1) is 5.56 Å². The Morgan fingerprint density at radius 1 is 1.19 bits per heavy atom. The van der Waals surface area contributed by atoms with Crippen LogP contribution in [0.4, 0.5) is 0 Å². The van der Waals surface area contributed by atoms with E-state index in [0.29, 0.717) is 5.56 Å². The Kier molecular flexibility index (Phi) is 6.49. The van der Waals surface area contributed by atoms with Gasteiger partial charge in [0.15, 0.2) is 11.8 Å². The Hall–Kier alpha value is -2.35. The molecule has 1 saturated carbocycles. The average Bonchev–Trinajstić information content (AvgIpc) is 3.07. The molecule has 0 saturated heterocycles. The Bertz CT molecular complexity index is 798. The highest BCUT2D eigenvalue weighted by atomic mass is 32.2. The standard InChI is InChI=1S/C19H24N4O3S/c1-13-21-22-19(27-2)23(13)16-10-8-14(9-11-16)18(25)26-12-17(24)20-15-6-4-3-5-7-15/h8-11,15H,3-7,12H2,1-2H3,(H,20,24). The molecule has 1 heterocycles. The lowest BCUT2D eigenvalue weighted by molar-refractivity contribution is -0.125. The third kappa shape index (κ3) is 4.88. The van der Waals surface area contributed by atoms with Crippen LogP contribution in [0.15, 0.2) is 29.4 Å². The molecule has 2 aromatic rings. The number of nitrogens with one attached hydrogen (secondary N) is 1.